The highest BCUT2D eigenvalue weighted by molar-refractivity contribution is 6.30. The number of oxazole rings is 1. The highest BCUT2D eigenvalue weighted by Crippen LogP contribution is 2.28. The van der Waals surface area contributed by atoms with Crippen molar-refractivity contribution >= 4 is 17.3 Å². The maximum Gasteiger partial charge on any atom is 0.312 e. The minimum absolute atomic E-state index is 0.175. The zero-order chi connectivity index (χ0) is 17.4. The van der Waals surface area contributed by atoms with Crippen LogP contribution in [0.5, 0.6) is 5.95 Å². The predicted octanol–water partition coefficient (Wildman–Crippen LogP) is 5.87. The molecule has 0 saturated carbocycles. The first-order valence-corrected chi connectivity index (χ1v) is 9.02. The van der Waals surface area contributed by atoms with Gasteiger partial charge in [0.25, 0.3) is 0 Å². The van der Waals surface area contributed by atoms with Crippen molar-refractivity contribution in [3.63, 3.8) is 0 Å². The highest BCUT2D eigenvalue weighted by Gasteiger charge is 2.17. The van der Waals surface area contributed by atoms with Gasteiger partial charge in [-0.25, -0.2) is 4.98 Å². The molecule has 0 saturated heterocycles. The van der Waals surface area contributed by atoms with Crippen molar-refractivity contribution in [3.05, 3.63) is 35.0 Å². The lowest BCUT2D eigenvalue weighted by Crippen LogP contribution is -2.02. The van der Waals surface area contributed by atoms with E-state index in [1.54, 1.807) is 12.1 Å². The van der Waals surface area contributed by atoms with Gasteiger partial charge in [-0.1, -0.05) is 51.1 Å². The fourth-order valence-corrected chi connectivity index (χ4v) is 2.63. The monoisotopic (exact) mass is 348 g/mol. The Balaban J connectivity index is 2.07. The van der Waals surface area contributed by atoms with Gasteiger partial charge in [-0.2, -0.15) is 0 Å². The second-order valence-corrected chi connectivity index (χ2v) is 6.21. The van der Waals surface area contributed by atoms with E-state index < -0.39 is 0 Å². The minimum Gasteiger partial charge on any atom is -0.479 e. The summed E-state index contributed by atoms with van der Waals surface area (Å²) >= 11 is 5.89. The van der Waals surface area contributed by atoms with Crippen molar-refractivity contribution in [2.24, 2.45) is 4.99 Å². The number of benzene rings is 1. The lowest BCUT2D eigenvalue weighted by molar-refractivity contribution is 0.336. The Hall–Kier alpha value is -1.81. The maximum atomic E-state index is 10.1. The Morgan fingerprint density at radius 1 is 1.12 bits per heavy atom. The smallest absolute Gasteiger partial charge is 0.312 e. The number of aromatic nitrogens is 1. The molecular weight excluding hydrogens is 324 g/mol. The van der Waals surface area contributed by atoms with Crippen LogP contribution in [-0.2, 0) is 0 Å². The fraction of sp³-hybridized carbons (Fsp3) is 0.474. The summed E-state index contributed by atoms with van der Waals surface area (Å²) in [5, 5.41) is 10.7. The van der Waals surface area contributed by atoms with Gasteiger partial charge in [0, 0.05) is 17.1 Å². The molecule has 1 aromatic heterocycles. The van der Waals surface area contributed by atoms with E-state index in [1.807, 2.05) is 19.1 Å². The van der Waals surface area contributed by atoms with Crippen molar-refractivity contribution in [2.45, 2.75) is 52.4 Å². The molecule has 0 bridgehead atoms. The Morgan fingerprint density at radius 2 is 1.83 bits per heavy atom. The van der Waals surface area contributed by atoms with E-state index in [0.717, 1.165) is 24.2 Å². The average Bonchev–Trinajstić information content (AvgIpc) is 2.97. The van der Waals surface area contributed by atoms with Crippen molar-refractivity contribution in [3.8, 4) is 17.4 Å². The average molecular weight is 349 g/mol. The summed E-state index contributed by atoms with van der Waals surface area (Å²) < 4.78 is 5.40. The van der Waals surface area contributed by atoms with Crippen LogP contribution in [0.3, 0.4) is 0 Å². The van der Waals surface area contributed by atoms with E-state index in [0.29, 0.717) is 23.0 Å². The lowest BCUT2D eigenvalue weighted by atomic mass is 10.1. The zero-order valence-electron chi connectivity index (χ0n) is 14.4. The van der Waals surface area contributed by atoms with Crippen LogP contribution in [0.2, 0.25) is 5.02 Å². The minimum atomic E-state index is -0.175. The molecule has 0 amide bonds. The van der Waals surface area contributed by atoms with E-state index in [4.69, 9.17) is 16.0 Å². The number of rotatable bonds is 9. The fourth-order valence-electron chi connectivity index (χ4n) is 2.50. The first kappa shape index (κ1) is 18.5. The molecule has 1 N–H and O–H groups in total. The first-order valence-electron chi connectivity index (χ1n) is 8.65. The maximum absolute atomic E-state index is 10.1. The van der Waals surface area contributed by atoms with Crippen LogP contribution in [0.25, 0.3) is 11.5 Å². The molecule has 0 fully saturated rings. The summed E-state index contributed by atoms with van der Waals surface area (Å²) in [7, 11) is 0. The van der Waals surface area contributed by atoms with Crippen LogP contribution < -0.4 is 0 Å². The van der Waals surface area contributed by atoms with Crippen molar-refractivity contribution < 1.29 is 9.52 Å². The van der Waals surface area contributed by atoms with Crippen molar-refractivity contribution in [2.75, 3.05) is 6.54 Å². The summed E-state index contributed by atoms with van der Waals surface area (Å²) in [6.07, 6.45) is 6.72. The molecule has 0 aliphatic heterocycles. The predicted molar refractivity (Wildman–Crippen MR) is 99.1 cm³/mol. The quantitative estimate of drug-likeness (QED) is 0.455. The molecule has 2 rings (SSSR count). The van der Waals surface area contributed by atoms with E-state index in [2.05, 4.69) is 16.9 Å². The summed E-state index contributed by atoms with van der Waals surface area (Å²) in [6, 6.07) is 7.16. The largest absolute Gasteiger partial charge is 0.479 e. The van der Waals surface area contributed by atoms with Gasteiger partial charge in [-0.05, 0) is 37.1 Å². The van der Waals surface area contributed by atoms with E-state index in [-0.39, 0.29) is 5.95 Å². The second-order valence-electron chi connectivity index (χ2n) is 5.78. The molecule has 1 heterocycles. The molecule has 2 aromatic rings. The number of hydrogen-bond donors (Lipinski definition) is 1. The van der Waals surface area contributed by atoms with Gasteiger partial charge in [0.15, 0.2) is 5.69 Å². The van der Waals surface area contributed by atoms with Crippen molar-refractivity contribution in [1.82, 2.24) is 4.98 Å². The van der Waals surface area contributed by atoms with Gasteiger partial charge in [-0.15, -0.1) is 0 Å². The van der Waals surface area contributed by atoms with Crippen LogP contribution in [0.15, 0.2) is 33.7 Å². The molecule has 5 heteroatoms. The normalized spacial score (nSPS) is 11.9. The second kappa shape index (κ2) is 9.48. The van der Waals surface area contributed by atoms with E-state index in [9.17, 15) is 5.11 Å². The topological polar surface area (TPSA) is 58.6 Å². The molecule has 0 aliphatic rings. The Morgan fingerprint density at radius 3 is 2.50 bits per heavy atom. The summed E-state index contributed by atoms with van der Waals surface area (Å²) in [4.78, 5) is 9.02. The standard InChI is InChI=1S/C19H25ClN2O2/c1-3-5-6-7-8-13-21-16(4-2)17-19(23)24-18(22-17)14-9-11-15(20)12-10-14/h9-12,23H,3-8,13H2,1-2H3. The van der Waals surface area contributed by atoms with Crippen LogP contribution in [0.1, 0.15) is 58.1 Å². The molecule has 0 unspecified atom stereocenters. The van der Waals surface area contributed by atoms with Crippen LogP contribution in [0, 0.1) is 0 Å². The highest BCUT2D eigenvalue weighted by atomic mass is 35.5. The molecular formula is C19H25ClN2O2. The van der Waals surface area contributed by atoms with E-state index in [1.165, 1.54) is 25.7 Å². The summed E-state index contributed by atoms with van der Waals surface area (Å²) in [5.74, 6) is 0.204. The van der Waals surface area contributed by atoms with Crippen LogP contribution in [0.4, 0.5) is 0 Å². The third-order valence-electron chi connectivity index (χ3n) is 3.87. The van der Waals surface area contributed by atoms with Gasteiger partial charge in [0.1, 0.15) is 0 Å². The van der Waals surface area contributed by atoms with Gasteiger partial charge in [-0.3, -0.25) is 4.99 Å². The molecule has 130 valence electrons. The lowest BCUT2D eigenvalue weighted by Gasteiger charge is -2.01. The number of halogens is 1. The third kappa shape index (κ3) is 5.10. The summed E-state index contributed by atoms with van der Waals surface area (Å²) in [5.41, 5.74) is 2.00. The molecule has 0 spiro atoms. The summed E-state index contributed by atoms with van der Waals surface area (Å²) in [6.45, 7) is 4.97. The molecule has 1 aromatic carbocycles. The number of hydrogen-bond acceptors (Lipinski definition) is 4. The van der Waals surface area contributed by atoms with Gasteiger partial charge in [0.05, 0.1) is 5.71 Å². The first-order chi connectivity index (χ1) is 11.7. The SMILES string of the molecule is CCCCCCCN=C(CC)c1nc(-c2ccc(Cl)cc2)oc1O. The van der Waals surface area contributed by atoms with Crippen molar-refractivity contribution in [1.29, 1.82) is 0 Å². The Labute approximate surface area is 148 Å². The van der Waals surface area contributed by atoms with Crippen LogP contribution >= 0.6 is 11.6 Å². The van der Waals surface area contributed by atoms with Gasteiger partial charge < -0.3 is 9.52 Å². The Kier molecular flexibility index (Phi) is 7.32. The number of aromatic hydroxyl groups is 1. The van der Waals surface area contributed by atoms with Gasteiger partial charge in [0.2, 0.25) is 5.89 Å². The molecule has 0 radical (unpaired) electrons. The van der Waals surface area contributed by atoms with E-state index >= 15 is 0 Å². The number of unbranched alkanes of at least 4 members (excludes halogenated alkanes) is 4. The number of nitrogens with zero attached hydrogens (tertiary/aromatic N) is 2. The number of aliphatic imine (C=N–C) groups is 1. The Bertz CT molecular complexity index is 663. The van der Waals surface area contributed by atoms with Gasteiger partial charge >= 0.3 is 5.95 Å². The third-order valence-corrected chi connectivity index (χ3v) is 4.12. The molecule has 0 atom stereocenters. The molecule has 4 nitrogen and oxygen atoms in total. The molecule has 24 heavy (non-hydrogen) atoms. The van der Waals surface area contributed by atoms with Crippen LogP contribution in [-0.4, -0.2) is 22.3 Å². The zero-order valence-corrected chi connectivity index (χ0v) is 15.1. The molecule has 0 aliphatic carbocycles.